The lowest BCUT2D eigenvalue weighted by molar-refractivity contribution is 0.102. The van der Waals surface area contributed by atoms with E-state index in [1.54, 1.807) is 18.2 Å². The Morgan fingerprint density at radius 3 is 2.51 bits per heavy atom. The molecule has 0 bridgehead atoms. The first-order chi connectivity index (χ1) is 19.7. The Morgan fingerprint density at radius 2 is 1.80 bits per heavy atom. The number of nitrogens with zero attached hydrogens (tertiary/aromatic N) is 3. The number of hydrogen-bond acceptors (Lipinski definition) is 7. The molecule has 2 N–H and O–H groups in total. The topological polar surface area (TPSA) is 123 Å². The smallest absolute Gasteiger partial charge is 0.407 e. The maximum absolute atomic E-state index is 15.0. The molecule has 0 atom stereocenters. The highest BCUT2D eigenvalue weighted by atomic mass is 19.1. The molecule has 10 nitrogen and oxygen atoms in total. The average Bonchev–Trinajstić information content (AvgIpc) is 3.74. The van der Waals surface area contributed by atoms with E-state index in [9.17, 15) is 14.0 Å². The number of ether oxygens (including phenoxy) is 3. The molecular formula is C28H23F3N4O6. The summed E-state index contributed by atoms with van der Waals surface area (Å²) in [6, 6.07) is 8.96. The number of likely N-dealkylation sites (N-methyl/N-ethyl adjacent to an activating group) is 1. The van der Waals surface area contributed by atoms with Gasteiger partial charge in [-0.25, -0.2) is 18.6 Å². The van der Waals surface area contributed by atoms with Gasteiger partial charge in [0.25, 0.3) is 5.91 Å². The molecule has 2 aromatic carbocycles. The minimum atomic E-state index is -1.08. The molecule has 0 radical (unpaired) electrons. The number of carbonyl (C=O) groups is 2. The molecule has 13 heteroatoms. The van der Waals surface area contributed by atoms with Crippen LogP contribution in [0.15, 0.2) is 54.9 Å². The molecule has 1 fully saturated rings. The molecule has 5 rings (SSSR count). The first kappa shape index (κ1) is 27.5. The van der Waals surface area contributed by atoms with Gasteiger partial charge in [-0.1, -0.05) is 0 Å². The summed E-state index contributed by atoms with van der Waals surface area (Å²) in [5, 5.41) is 11.7. The lowest BCUT2D eigenvalue weighted by Crippen LogP contribution is -2.29. The number of amides is 2. The molecule has 1 aliphatic carbocycles. The summed E-state index contributed by atoms with van der Waals surface area (Å²) in [7, 11) is 1.42. The normalized spacial score (nSPS) is 12.6. The molecule has 1 saturated carbocycles. The molecule has 0 unspecified atom stereocenters. The molecule has 0 saturated heterocycles. The van der Waals surface area contributed by atoms with E-state index >= 15 is 8.78 Å². The molecule has 212 valence electrons. The second kappa shape index (κ2) is 11.6. The van der Waals surface area contributed by atoms with Gasteiger partial charge in [0.2, 0.25) is 5.95 Å². The van der Waals surface area contributed by atoms with E-state index in [4.69, 9.17) is 19.3 Å². The Kier molecular flexibility index (Phi) is 7.77. The zero-order valence-corrected chi connectivity index (χ0v) is 21.6. The Balaban J connectivity index is 1.31. The third-order valence-corrected chi connectivity index (χ3v) is 6.06. The van der Waals surface area contributed by atoms with E-state index in [1.165, 1.54) is 19.3 Å². The van der Waals surface area contributed by atoms with Gasteiger partial charge in [0, 0.05) is 54.8 Å². The largest absolute Gasteiger partial charge is 0.492 e. The van der Waals surface area contributed by atoms with Crippen LogP contribution in [0.4, 0.5) is 23.7 Å². The fourth-order valence-electron chi connectivity index (χ4n) is 3.76. The fourth-order valence-corrected chi connectivity index (χ4v) is 3.76. The van der Waals surface area contributed by atoms with E-state index in [0.717, 1.165) is 42.1 Å². The zero-order valence-electron chi connectivity index (χ0n) is 21.6. The van der Waals surface area contributed by atoms with E-state index in [-0.39, 0.29) is 42.0 Å². The molecule has 0 spiro atoms. The van der Waals surface area contributed by atoms with Crippen LogP contribution in [-0.2, 0) is 0 Å². The predicted molar refractivity (Wildman–Crippen MR) is 140 cm³/mol. The van der Waals surface area contributed by atoms with Crippen molar-refractivity contribution in [1.82, 2.24) is 14.9 Å². The van der Waals surface area contributed by atoms with Gasteiger partial charge in [0.15, 0.2) is 17.4 Å². The SMILES string of the molecule is CN(CCOc1ccc2c(Oc3c(F)cc(NC(=O)c4cnc(F)cc4OC4CC4)cc3F)ccnc2c1)C(=O)O. The molecule has 2 heterocycles. The van der Waals surface area contributed by atoms with E-state index in [0.29, 0.717) is 16.7 Å². The number of rotatable bonds is 10. The van der Waals surface area contributed by atoms with Crippen molar-refractivity contribution < 1.29 is 42.1 Å². The molecular weight excluding hydrogens is 545 g/mol. The van der Waals surface area contributed by atoms with Crippen molar-refractivity contribution >= 4 is 28.6 Å². The van der Waals surface area contributed by atoms with Gasteiger partial charge in [-0.05, 0) is 31.0 Å². The quantitative estimate of drug-likeness (QED) is 0.236. The van der Waals surface area contributed by atoms with Crippen molar-refractivity contribution in [3.05, 3.63) is 78.0 Å². The van der Waals surface area contributed by atoms with Gasteiger partial charge in [-0.2, -0.15) is 4.39 Å². The van der Waals surface area contributed by atoms with Crippen molar-refractivity contribution in [2.24, 2.45) is 0 Å². The number of pyridine rings is 2. The van der Waals surface area contributed by atoms with Crippen molar-refractivity contribution in [2.45, 2.75) is 18.9 Å². The molecule has 4 aromatic rings. The Hall–Kier alpha value is -5.07. The number of fused-ring (bicyclic) bond motifs is 1. The van der Waals surface area contributed by atoms with Gasteiger partial charge in [0.1, 0.15) is 29.4 Å². The minimum absolute atomic E-state index is 0.0101. The van der Waals surface area contributed by atoms with Gasteiger partial charge >= 0.3 is 6.09 Å². The number of benzene rings is 2. The first-order valence-corrected chi connectivity index (χ1v) is 12.4. The number of nitrogens with one attached hydrogen (secondary N) is 1. The molecule has 2 aromatic heterocycles. The van der Waals surface area contributed by atoms with Crippen LogP contribution in [0.2, 0.25) is 0 Å². The van der Waals surface area contributed by atoms with Gasteiger partial charge in [0.05, 0.1) is 18.2 Å². The third-order valence-electron chi connectivity index (χ3n) is 6.06. The number of carboxylic acid groups (broad SMARTS) is 1. The van der Waals surface area contributed by atoms with Crippen LogP contribution < -0.4 is 19.5 Å². The van der Waals surface area contributed by atoms with Crippen LogP contribution in [0, 0.1) is 17.6 Å². The first-order valence-electron chi connectivity index (χ1n) is 12.4. The molecule has 0 aliphatic heterocycles. The second-order valence-corrected chi connectivity index (χ2v) is 9.19. The number of carbonyl (C=O) groups excluding carboxylic acids is 1. The second-order valence-electron chi connectivity index (χ2n) is 9.19. The maximum Gasteiger partial charge on any atom is 0.407 e. The van der Waals surface area contributed by atoms with Crippen LogP contribution >= 0.6 is 0 Å². The van der Waals surface area contributed by atoms with Gasteiger partial charge in [-0.15, -0.1) is 0 Å². The highest BCUT2D eigenvalue weighted by Gasteiger charge is 2.27. The maximum atomic E-state index is 15.0. The Bertz CT molecular complexity index is 1610. The van der Waals surface area contributed by atoms with Crippen LogP contribution in [-0.4, -0.2) is 58.3 Å². The van der Waals surface area contributed by atoms with Crippen molar-refractivity contribution in [3.8, 4) is 23.0 Å². The van der Waals surface area contributed by atoms with Gasteiger partial charge in [-0.3, -0.25) is 9.78 Å². The Labute approximate surface area is 231 Å². The monoisotopic (exact) mass is 568 g/mol. The summed E-state index contributed by atoms with van der Waals surface area (Å²) in [6.07, 6.45) is 2.73. The summed E-state index contributed by atoms with van der Waals surface area (Å²) >= 11 is 0. The van der Waals surface area contributed by atoms with E-state index < -0.39 is 35.3 Å². The standard InChI is InChI=1S/C28H23F3N4O6/c1-35(28(37)38)8-9-39-17-4-5-18-22(12-17)32-7-6-23(18)41-26-20(29)10-15(11-21(26)30)34-27(36)19-14-33-25(31)13-24(19)40-16-2-3-16/h4-7,10-14,16H,2-3,8-9H2,1H3,(H,34,36)(H,37,38). The highest BCUT2D eigenvalue weighted by Crippen LogP contribution is 2.35. The summed E-state index contributed by atoms with van der Waals surface area (Å²) in [4.78, 5) is 32.4. The predicted octanol–water partition coefficient (Wildman–Crippen LogP) is 5.62. The lowest BCUT2D eigenvalue weighted by Gasteiger charge is -2.15. The van der Waals surface area contributed by atoms with Crippen LogP contribution in [0.3, 0.4) is 0 Å². The van der Waals surface area contributed by atoms with Crippen LogP contribution in [0.5, 0.6) is 23.0 Å². The lowest BCUT2D eigenvalue weighted by atomic mass is 10.2. The molecule has 1 aliphatic rings. The molecule has 41 heavy (non-hydrogen) atoms. The number of halogens is 3. The number of aromatic nitrogens is 2. The van der Waals surface area contributed by atoms with Gasteiger partial charge < -0.3 is 29.5 Å². The van der Waals surface area contributed by atoms with E-state index in [1.807, 2.05) is 0 Å². The number of hydrogen-bond donors (Lipinski definition) is 2. The third kappa shape index (κ3) is 6.57. The van der Waals surface area contributed by atoms with Crippen molar-refractivity contribution in [1.29, 1.82) is 0 Å². The highest BCUT2D eigenvalue weighted by molar-refractivity contribution is 6.06. The summed E-state index contributed by atoms with van der Waals surface area (Å²) in [6.45, 7) is 0.255. The van der Waals surface area contributed by atoms with Crippen molar-refractivity contribution in [2.75, 3.05) is 25.5 Å². The summed E-state index contributed by atoms with van der Waals surface area (Å²) in [5.41, 5.74) is 0.127. The summed E-state index contributed by atoms with van der Waals surface area (Å²) in [5.74, 6) is -3.96. The zero-order chi connectivity index (χ0) is 29.1. The van der Waals surface area contributed by atoms with Crippen LogP contribution in [0.1, 0.15) is 23.2 Å². The van der Waals surface area contributed by atoms with E-state index in [2.05, 4.69) is 15.3 Å². The minimum Gasteiger partial charge on any atom is -0.492 e. The molecule has 2 amide bonds. The average molecular weight is 569 g/mol. The van der Waals surface area contributed by atoms with Crippen LogP contribution in [0.25, 0.3) is 10.9 Å². The van der Waals surface area contributed by atoms with Crippen molar-refractivity contribution in [3.63, 3.8) is 0 Å². The fraction of sp³-hybridized carbons (Fsp3) is 0.214. The Morgan fingerprint density at radius 1 is 1.05 bits per heavy atom. The summed E-state index contributed by atoms with van der Waals surface area (Å²) < 4.78 is 60.3. The number of anilines is 1.